The molecule has 0 bridgehead atoms. The highest BCUT2D eigenvalue weighted by molar-refractivity contribution is 5.79. The predicted molar refractivity (Wildman–Crippen MR) is 123 cm³/mol. The van der Waals surface area contributed by atoms with Crippen LogP contribution in [0.25, 0.3) is 0 Å². The third kappa shape index (κ3) is 4.95. The third-order valence-electron chi connectivity index (χ3n) is 6.73. The van der Waals surface area contributed by atoms with E-state index in [9.17, 15) is 28.1 Å². The summed E-state index contributed by atoms with van der Waals surface area (Å²) in [6.07, 6.45) is -2.71. The smallest absolute Gasteiger partial charge is 0.366 e. The van der Waals surface area contributed by atoms with Crippen LogP contribution in [0.3, 0.4) is 0 Å². The summed E-state index contributed by atoms with van der Waals surface area (Å²) in [7, 11) is 0. The van der Waals surface area contributed by atoms with Gasteiger partial charge >= 0.3 is 6.18 Å². The summed E-state index contributed by atoms with van der Waals surface area (Å²) in [5.41, 5.74) is 1.05. The lowest BCUT2D eigenvalue weighted by Gasteiger charge is -2.33. The van der Waals surface area contributed by atoms with Gasteiger partial charge in [-0.1, -0.05) is 18.2 Å². The Bertz CT molecular complexity index is 1070. The second-order valence-corrected chi connectivity index (χ2v) is 8.89. The van der Waals surface area contributed by atoms with Crippen LogP contribution in [0.5, 0.6) is 0 Å². The van der Waals surface area contributed by atoms with E-state index < -0.39 is 22.4 Å². The van der Waals surface area contributed by atoms with Crippen molar-refractivity contribution in [2.75, 3.05) is 36.0 Å². The van der Waals surface area contributed by atoms with Crippen molar-refractivity contribution in [1.29, 1.82) is 0 Å². The van der Waals surface area contributed by atoms with E-state index in [0.717, 1.165) is 25.1 Å². The molecule has 1 fully saturated rings. The van der Waals surface area contributed by atoms with Gasteiger partial charge in [0, 0.05) is 49.9 Å². The van der Waals surface area contributed by atoms with E-state index in [1.807, 2.05) is 12.1 Å². The summed E-state index contributed by atoms with van der Waals surface area (Å²) < 4.78 is 38.9. The number of carbonyl (C=O) groups excluding carboxylic acids is 1. The zero-order chi connectivity index (χ0) is 24.5. The molecule has 2 aliphatic rings. The van der Waals surface area contributed by atoms with Gasteiger partial charge in [0.25, 0.3) is 5.69 Å². The number of piperidine rings is 1. The molecular formula is C24H27F3N4O3. The van der Waals surface area contributed by atoms with Gasteiger partial charge in [0.1, 0.15) is 5.69 Å². The SMILES string of the molecule is CC(CNC(=O)C1CCN(c2ccc(C(F)(F)F)cc2[N+](=O)[O-])CC1)N1CCc2ccccc21. The molecule has 1 unspecified atom stereocenters. The first kappa shape index (κ1) is 23.8. The van der Waals surface area contributed by atoms with E-state index >= 15 is 0 Å². The number of hydrogen-bond acceptors (Lipinski definition) is 5. The van der Waals surface area contributed by atoms with Crippen molar-refractivity contribution in [3.63, 3.8) is 0 Å². The summed E-state index contributed by atoms with van der Waals surface area (Å²) in [5, 5.41) is 14.4. The first-order chi connectivity index (χ1) is 16.1. The summed E-state index contributed by atoms with van der Waals surface area (Å²) >= 11 is 0. The predicted octanol–water partition coefficient (Wildman–Crippen LogP) is 4.40. The number of carbonyl (C=O) groups is 1. The molecule has 182 valence electrons. The van der Waals surface area contributed by atoms with E-state index in [0.29, 0.717) is 38.5 Å². The molecule has 0 radical (unpaired) electrons. The lowest BCUT2D eigenvalue weighted by molar-refractivity contribution is -0.384. The molecule has 0 spiro atoms. The molecule has 2 heterocycles. The van der Waals surface area contributed by atoms with Crippen LogP contribution in [0, 0.1) is 16.0 Å². The normalized spacial score (nSPS) is 17.4. The van der Waals surface area contributed by atoms with Crippen LogP contribution in [-0.2, 0) is 17.4 Å². The van der Waals surface area contributed by atoms with Gasteiger partial charge < -0.3 is 15.1 Å². The number of halogens is 3. The molecule has 4 rings (SSSR count). The van der Waals surface area contributed by atoms with Gasteiger partial charge in [0.2, 0.25) is 5.91 Å². The number of fused-ring (bicyclic) bond motifs is 1. The van der Waals surface area contributed by atoms with Gasteiger partial charge in [0.05, 0.1) is 10.5 Å². The second-order valence-electron chi connectivity index (χ2n) is 8.89. The van der Waals surface area contributed by atoms with E-state index in [4.69, 9.17) is 0 Å². The summed E-state index contributed by atoms with van der Waals surface area (Å²) in [6, 6.07) is 11.0. The van der Waals surface area contributed by atoms with Crippen LogP contribution < -0.4 is 15.1 Å². The van der Waals surface area contributed by atoms with Crippen molar-refractivity contribution in [3.8, 4) is 0 Å². The molecule has 10 heteroatoms. The van der Waals surface area contributed by atoms with Crippen molar-refractivity contribution >= 4 is 23.0 Å². The quantitative estimate of drug-likeness (QED) is 0.494. The number of anilines is 2. The highest BCUT2D eigenvalue weighted by atomic mass is 19.4. The Morgan fingerprint density at radius 1 is 1.15 bits per heavy atom. The fourth-order valence-electron chi connectivity index (χ4n) is 4.82. The van der Waals surface area contributed by atoms with Crippen molar-refractivity contribution < 1.29 is 22.9 Å². The lowest BCUT2D eigenvalue weighted by Crippen LogP contribution is -2.45. The maximum Gasteiger partial charge on any atom is 0.416 e. The number of amides is 1. The molecule has 1 amide bonds. The Balaban J connectivity index is 1.32. The van der Waals surface area contributed by atoms with Gasteiger partial charge in [-0.2, -0.15) is 13.2 Å². The largest absolute Gasteiger partial charge is 0.416 e. The van der Waals surface area contributed by atoms with E-state index in [-0.39, 0.29) is 23.6 Å². The zero-order valence-electron chi connectivity index (χ0n) is 18.8. The number of para-hydroxylation sites is 1. The Morgan fingerprint density at radius 3 is 2.53 bits per heavy atom. The van der Waals surface area contributed by atoms with Crippen LogP contribution in [0.1, 0.15) is 30.9 Å². The summed E-state index contributed by atoms with van der Waals surface area (Å²) in [5.74, 6) is -0.288. The topological polar surface area (TPSA) is 78.7 Å². The van der Waals surface area contributed by atoms with Crippen LogP contribution in [-0.4, -0.2) is 43.1 Å². The molecule has 0 aliphatic carbocycles. The average molecular weight is 476 g/mol. The van der Waals surface area contributed by atoms with E-state index in [1.54, 1.807) is 4.90 Å². The molecule has 34 heavy (non-hydrogen) atoms. The number of rotatable bonds is 6. The maximum atomic E-state index is 13.0. The summed E-state index contributed by atoms with van der Waals surface area (Å²) in [4.78, 5) is 27.3. The Morgan fingerprint density at radius 2 is 1.85 bits per heavy atom. The average Bonchev–Trinajstić information content (AvgIpc) is 3.26. The number of nitro groups is 1. The molecule has 1 N–H and O–H groups in total. The molecule has 2 aromatic carbocycles. The Hall–Kier alpha value is -3.30. The monoisotopic (exact) mass is 476 g/mol. The lowest BCUT2D eigenvalue weighted by atomic mass is 9.95. The molecule has 2 aromatic rings. The highest BCUT2D eigenvalue weighted by Gasteiger charge is 2.35. The second kappa shape index (κ2) is 9.52. The van der Waals surface area contributed by atoms with Gasteiger partial charge in [-0.25, -0.2) is 0 Å². The molecule has 2 aliphatic heterocycles. The van der Waals surface area contributed by atoms with Crippen molar-refractivity contribution in [3.05, 3.63) is 63.7 Å². The number of nitro benzene ring substituents is 1. The zero-order valence-corrected chi connectivity index (χ0v) is 18.8. The third-order valence-corrected chi connectivity index (χ3v) is 6.73. The summed E-state index contributed by atoms with van der Waals surface area (Å²) in [6.45, 7) is 4.23. The van der Waals surface area contributed by atoms with Crippen LogP contribution in [0.15, 0.2) is 42.5 Å². The molecule has 7 nitrogen and oxygen atoms in total. The van der Waals surface area contributed by atoms with E-state index in [1.165, 1.54) is 11.3 Å². The fraction of sp³-hybridized carbons (Fsp3) is 0.458. The molecule has 0 saturated carbocycles. The van der Waals surface area contributed by atoms with E-state index in [2.05, 4.69) is 29.3 Å². The van der Waals surface area contributed by atoms with Crippen molar-refractivity contribution in [1.82, 2.24) is 5.32 Å². The van der Waals surface area contributed by atoms with Gasteiger partial charge in [0.15, 0.2) is 0 Å². The maximum absolute atomic E-state index is 13.0. The number of nitrogens with one attached hydrogen (secondary N) is 1. The van der Waals surface area contributed by atoms with Gasteiger partial charge in [-0.15, -0.1) is 0 Å². The molecule has 1 atom stereocenters. The number of alkyl halides is 3. The highest BCUT2D eigenvalue weighted by Crippen LogP contribution is 2.37. The van der Waals surface area contributed by atoms with Gasteiger partial charge in [-0.3, -0.25) is 14.9 Å². The molecule has 1 saturated heterocycles. The molecular weight excluding hydrogens is 449 g/mol. The standard InChI is InChI=1S/C24H27F3N4O3/c1-16(30-13-10-17-4-2-3-5-20(17)30)15-28-23(32)18-8-11-29(12-9-18)21-7-6-19(24(25,26)27)14-22(21)31(33)34/h2-7,14,16,18H,8-13,15H2,1H3,(H,28,32). The van der Waals surface area contributed by atoms with Crippen LogP contribution in [0.4, 0.5) is 30.2 Å². The van der Waals surface area contributed by atoms with Crippen molar-refractivity contribution in [2.24, 2.45) is 5.92 Å². The van der Waals surface area contributed by atoms with Crippen LogP contribution in [0.2, 0.25) is 0 Å². The fourth-order valence-corrected chi connectivity index (χ4v) is 4.82. The minimum Gasteiger partial charge on any atom is -0.366 e. The number of nitrogens with zero attached hydrogens (tertiary/aromatic N) is 3. The minimum atomic E-state index is -4.65. The first-order valence-corrected chi connectivity index (χ1v) is 11.4. The van der Waals surface area contributed by atoms with Gasteiger partial charge in [-0.05, 0) is 49.9 Å². The molecule has 0 aromatic heterocycles. The Kier molecular flexibility index (Phi) is 6.67. The first-order valence-electron chi connectivity index (χ1n) is 11.4. The minimum absolute atomic E-state index is 0.0547. The Labute approximate surface area is 195 Å². The number of hydrogen-bond donors (Lipinski definition) is 1. The van der Waals surface area contributed by atoms with Crippen LogP contribution >= 0.6 is 0 Å². The number of benzene rings is 2. The van der Waals surface area contributed by atoms with Crippen molar-refractivity contribution in [2.45, 2.75) is 38.4 Å².